The van der Waals surface area contributed by atoms with Gasteiger partial charge in [0.2, 0.25) is 5.91 Å². The molecule has 0 aliphatic heterocycles. The van der Waals surface area contributed by atoms with Gasteiger partial charge in [-0.15, -0.1) is 0 Å². The first-order chi connectivity index (χ1) is 15.8. The maximum Gasteiger partial charge on any atom is 0.407 e. The maximum absolute atomic E-state index is 12.5. The zero-order chi connectivity index (χ0) is 23.5. The van der Waals surface area contributed by atoms with Crippen LogP contribution in [-0.2, 0) is 14.3 Å². The molecule has 174 valence electrons. The van der Waals surface area contributed by atoms with Crippen molar-refractivity contribution >= 4 is 18.0 Å². The second-order valence-electron chi connectivity index (χ2n) is 9.07. The van der Waals surface area contributed by atoms with E-state index in [4.69, 9.17) is 9.84 Å². The normalized spacial score (nSPS) is 19.9. The summed E-state index contributed by atoms with van der Waals surface area (Å²) >= 11 is 0. The Labute approximate surface area is 193 Å². The van der Waals surface area contributed by atoms with Gasteiger partial charge < -0.3 is 20.1 Å². The Hall–Kier alpha value is -3.35. The number of hydrogen-bond acceptors (Lipinski definition) is 4. The molecule has 2 N–H and O–H groups in total. The predicted octanol–water partition coefficient (Wildman–Crippen LogP) is 4.02. The van der Waals surface area contributed by atoms with E-state index in [9.17, 15) is 14.4 Å². The highest BCUT2D eigenvalue weighted by atomic mass is 16.5. The van der Waals surface area contributed by atoms with Gasteiger partial charge in [0, 0.05) is 25.4 Å². The number of alkyl carbamates (subject to hydrolysis) is 1. The molecule has 2 amide bonds. The summed E-state index contributed by atoms with van der Waals surface area (Å²) in [5.74, 6) is -1.06. The fourth-order valence-electron chi connectivity index (χ4n) is 4.97. The molecule has 0 aromatic heterocycles. The van der Waals surface area contributed by atoms with Crippen molar-refractivity contribution in [2.45, 2.75) is 50.6 Å². The Morgan fingerprint density at radius 1 is 1.06 bits per heavy atom. The van der Waals surface area contributed by atoms with Gasteiger partial charge in [-0.25, -0.2) is 9.59 Å². The number of nitrogens with zero attached hydrogens (tertiary/aromatic N) is 1. The molecule has 0 radical (unpaired) electrons. The SMILES string of the molecule is C[C@@H](C(=O)O)N(C)C(=O)CC1CCC(NC(=O)OCC2c3ccccc3-c3ccccc32)C1. The number of aliphatic carboxylic acids is 1. The van der Waals surface area contributed by atoms with E-state index in [1.165, 1.54) is 41.1 Å². The highest BCUT2D eigenvalue weighted by Gasteiger charge is 2.32. The number of rotatable bonds is 7. The van der Waals surface area contributed by atoms with Crippen LogP contribution in [0.5, 0.6) is 0 Å². The monoisotopic (exact) mass is 450 g/mol. The Bertz CT molecular complexity index is 1010. The second kappa shape index (κ2) is 9.65. The summed E-state index contributed by atoms with van der Waals surface area (Å²) in [5.41, 5.74) is 4.72. The average Bonchev–Trinajstić information content (AvgIpc) is 3.38. The van der Waals surface area contributed by atoms with E-state index < -0.39 is 18.1 Å². The Morgan fingerprint density at radius 2 is 1.67 bits per heavy atom. The van der Waals surface area contributed by atoms with Crippen LogP contribution >= 0.6 is 0 Å². The summed E-state index contributed by atoms with van der Waals surface area (Å²) in [5, 5.41) is 12.0. The number of likely N-dealkylation sites (N-methyl/N-ethyl adjacent to an activating group) is 1. The smallest absolute Gasteiger partial charge is 0.407 e. The minimum absolute atomic E-state index is 0.0175. The Morgan fingerprint density at radius 3 is 2.27 bits per heavy atom. The van der Waals surface area contributed by atoms with Gasteiger partial charge in [0.15, 0.2) is 0 Å². The van der Waals surface area contributed by atoms with E-state index in [2.05, 4.69) is 29.6 Å². The first-order valence-corrected chi connectivity index (χ1v) is 11.4. The van der Waals surface area contributed by atoms with Gasteiger partial charge in [-0.1, -0.05) is 48.5 Å². The highest BCUT2D eigenvalue weighted by molar-refractivity contribution is 5.83. The van der Waals surface area contributed by atoms with Gasteiger partial charge in [-0.05, 0) is 54.4 Å². The largest absolute Gasteiger partial charge is 0.480 e. The van der Waals surface area contributed by atoms with Crippen LogP contribution in [0.2, 0.25) is 0 Å². The van der Waals surface area contributed by atoms with Crippen LogP contribution in [0.4, 0.5) is 4.79 Å². The van der Waals surface area contributed by atoms with Gasteiger partial charge in [0.25, 0.3) is 0 Å². The van der Waals surface area contributed by atoms with Crippen molar-refractivity contribution < 1.29 is 24.2 Å². The van der Waals surface area contributed by atoms with Crippen LogP contribution in [0.3, 0.4) is 0 Å². The van der Waals surface area contributed by atoms with Crippen molar-refractivity contribution in [2.75, 3.05) is 13.7 Å². The standard InChI is InChI=1S/C26H30N2O5/c1-16(25(30)31)28(2)24(29)14-17-11-12-18(13-17)27-26(32)33-15-23-21-9-5-3-7-19(21)20-8-4-6-10-22(20)23/h3-10,16-18,23H,11-15H2,1-2H3,(H,27,32)(H,30,31)/t16-,17?,18?/m0/s1. The van der Waals surface area contributed by atoms with E-state index in [0.29, 0.717) is 6.42 Å². The molecule has 1 fully saturated rings. The number of carboxylic acid groups (broad SMARTS) is 1. The molecule has 2 aliphatic rings. The summed E-state index contributed by atoms with van der Waals surface area (Å²) in [6.07, 6.45) is 2.13. The topological polar surface area (TPSA) is 95.9 Å². The molecule has 2 aromatic rings. The van der Waals surface area contributed by atoms with Crippen LogP contribution < -0.4 is 5.32 Å². The number of carbonyl (C=O) groups excluding carboxylic acids is 2. The predicted molar refractivity (Wildman–Crippen MR) is 124 cm³/mol. The lowest BCUT2D eigenvalue weighted by Crippen LogP contribution is -2.41. The number of fused-ring (bicyclic) bond motifs is 3. The van der Waals surface area contributed by atoms with Crippen LogP contribution in [0, 0.1) is 5.92 Å². The van der Waals surface area contributed by atoms with Crippen LogP contribution in [0.1, 0.15) is 49.7 Å². The molecule has 33 heavy (non-hydrogen) atoms. The van der Waals surface area contributed by atoms with Crippen molar-refractivity contribution in [2.24, 2.45) is 5.92 Å². The fourth-order valence-corrected chi connectivity index (χ4v) is 4.97. The Balaban J connectivity index is 1.28. The summed E-state index contributed by atoms with van der Waals surface area (Å²) in [7, 11) is 1.52. The van der Waals surface area contributed by atoms with E-state index >= 15 is 0 Å². The van der Waals surface area contributed by atoms with E-state index in [0.717, 1.165) is 12.8 Å². The van der Waals surface area contributed by atoms with Crippen molar-refractivity contribution in [3.05, 3.63) is 59.7 Å². The fraction of sp³-hybridized carbons (Fsp3) is 0.423. The zero-order valence-electron chi connectivity index (χ0n) is 19.0. The van der Waals surface area contributed by atoms with Crippen molar-refractivity contribution in [1.82, 2.24) is 10.2 Å². The minimum atomic E-state index is -1.02. The lowest BCUT2D eigenvalue weighted by Gasteiger charge is -2.23. The maximum atomic E-state index is 12.5. The highest BCUT2D eigenvalue weighted by Crippen LogP contribution is 2.44. The molecule has 2 unspecified atom stereocenters. The molecule has 2 aromatic carbocycles. The van der Waals surface area contributed by atoms with Crippen LogP contribution in [-0.4, -0.2) is 53.7 Å². The molecule has 2 aliphatic carbocycles. The molecule has 0 saturated heterocycles. The first-order valence-electron chi connectivity index (χ1n) is 11.4. The van der Waals surface area contributed by atoms with E-state index in [1.807, 2.05) is 24.3 Å². The molecule has 0 heterocycles. The molecular formula is C26H30N2O5. The molecule has 3 atom stereocenters. The average molecular weight is 451 g/mol. The van der Waals surface area contributed by atoms with Crippen molar-refractivity contribution in [1.29, 1.82) is 0 Å². The molecule has 0 bridgehead atoms. The number of hydrogen-bond donors (Lipinski definition) is 2. The molecule has 4 rings (SSSR count). The third-order valence-electron chi connectivity index (χ3n) is 7.00. The van der Waals surface area contributed by atoms with Crippen molar-refractivity contribution in [3.63, 3.8) is 0 Å². The van der Waals surface area contributed by atoms with Crippen molar-refractivity contribution in [3.8, 4) is 11.1 Å². The molecule has 1 saturated carbocycles. The van der Waals surface area contributed by atoms with Crippen LogP contribution in [0.15, 0.2) is 48.5 Å². The second-order valence-corrected chi connectivity index (χ2v) is 9.07. The summed E-state index contributed by atoms with van der Waals surface area (Å²) in [4.78, 5) is 37.2. The van der Waals surface area contributed by atoms with Crippen LogP contribution in [0.25, 0.3) is 11.1 Å². The lowest BCUT2D eigenvalue weighted by molar-refractivity contribution is -0.148. The number of carbonyl (C=O) groups is 3. The molecule has 7 heteroatoms. The molecular weight excluding hydrogens is 420 g/mol. The molecule has 7 nitrogen and oxygen atoms in total. The van der Waals surface area contributed by atoms with Gasteiger partial charge in [-0.3, -0.25) is 4.79 Å². The number of amides is 2. The van der Waals surface area contributed by atoms with Gasteiger partial charge in [0.05, 0.1) is 0 Å². The minimum Gasteiger partial charge on any atom is -0.480 e. The van der Waals surface area contributed by atoms with Gasteiger partial charge >= 0.3 is 12.1 Å². The quantitative estimate of drug-likeness (QED) is 0.664. The third kappa shape index (κ3) is 4.87. The number of nitrogens with one attached hydrogen (secondary N) is 1. The summed E-state index contributed by atoms with van der Waals surface area (Å²) in [6, 6.07) is 15.5. The summed E-state index contributed by atoms with van der Waals surface area (Å²) in [6.45, 7) is 1.77. The number of ether oxygens (including phenoxy) is 1. The molecule has 0 spiro atoms. The summed E-state index contributed by atoms with van der Waals surface area (Å²) < 4.78 is 5.62. The van der Waals surface area contributed by atoms with Gasteiger partial charge in [-0.2, -0.15) is 0 Å². The number of carboxylic acids is 1. The lowest BCUT2D eigenvalue weighted by atomic mass is 9.98. The third-order valence-corrected chi connectivity index (χ3v) is 7.00. The zero-order valence-corrected chi connectivity index (χ0v) is 19.0. The van der Waals surface area contributed by atoms with Gasteiger partial charge in [0.1, 0.15) is 12.6 Å². The van der Waals surface area contributed by atoms with E-state index in [1.54, 1.807) is 0 Å². The Kier molecular flexibility index (Phi) is 6.67. The van der Waals surface area contributed by atoms with E-state index in [-0.39, 0.29) is 36.8 Å². The number of benzene rings is 2. The first kappa shape index (κ1) is 22.8.